The lowest BCUT2D eigenvalue weighted by atomic mass is 9.59. The summed E-state index contributed by atoms with van der Waals surface area (Å²) in [5, 5.41) is 1.13. The van der Waals surface area contributed by atoms with Gasteiger partial charge in [-0.3, -0.25) is 9.59 Å². The van der Waals surface area contributed by atoms with Gasteiger partial charge in [-0.15, -0.1) is 0 Å². The second-order valence-corrected chi connectivity index (χ2v) is 12.7. The van der Waals surface area contributed by atoms with Crippen LogP contribution in [0.25, 0.3) is 10.8 Å². The number of amides is 2. The molecule has 6 nitrogen and oxygen atoms in total. The normalized spacial score (nSPS) is 33.5. The summed E-state index contributed by atoms with van der Waals surface area (Å²) in [5.41, 5.74) is -0.122. The van der Waals surface area contributed by atoms with Crippen LogP contribution in [0.3, 0.4) is 0 Å². The molecule has 5 fully saturated rings. The van der Waals surface area contributed by atoms with Crippen molar-refractivity contribution >= 4 is 38.3 Å². The maximum Gasteiger partial charge on any atom is 0.241 e. The van der Waals surface area contributed by atoms with Crippen molar-refractivity contribution in [3.05, 3.63) is 36.4 Å². The number of carbonyl (C=O) groups is 2. The Bertz CT molecular complexity index is 1240. The van der Waals surface area contributed by atoms with Crippen molar-refractivity contribution < 1.29 is 18.0 Å². The maximum atomic E-state index is 13.6. The SMILES string of the molecule is CC(C)(C)NS(=O)(=O)c1cccc2c(N3C(=O)C4C5CCC(C6CC65)C4C3=O)cccc12. The number of rotatable bonds is 3. The van der Waals surface area contributed by atoms with Gasteiger partial charge < -0.3 is 0 Å². The highest BCUT2D eigenvalue weighted by atomic mass is 32.2. The monoisotopic (exact) mass is 452 g/mol. The second-order valence-electron chi connectivity index (χ2n) is 11.0. The van der Waals surface area contributed by atoms with Crippen LogP contribution in [0, 0.1) is 35.5 Å². The van der Waals surface area contributed by atoms with Crippen LogP contribution in [0.2, 0.25) is 0 Å². The van der Waals surface area contributed by atoms with Gasteiger partial charge in [-0.1, -0.05) is 24.3 Å². The zero-order chi connectivity index (χ0) is 22.6. The Morgan fingerprint density at radius 3 is 2.00 bits per heavy atom. The zero-order valence-corrected chi connectivity index (χ0v) is 19.4. The van der Waals surface area contributed by atoms with Crippen molar-refractivity contribution in [2.24, 2.45) is 35.5 Å². The minimum Gasteiger partial charge on any atom is -0.274 e. The van der Waals surface area contributed by atoms with E-state index in [9.17, 15) is 18.0 Å². The van der Waals surface area contributed by atoms with Gasteiger partial charge in [0.25, 0.3) is 0 Å². The average Bonchev–Trinajstić information content (AvgIpc) is 3.49. The van der Waals surface area contributed by atoms with Gasteiger partial charge in [-0.2, -0.15) is 0 Å². The molecule has 2 aromatic carbocycles. The first-order valence-corrected chi connectivity index (χ1v) is 13.0. The molecule has 6 atom stereocenters. The van der Waals surface area contributed by atoms with E-state index in [4.69, 9.17) is 0 Å². The molecule has 0 spiro atoms. The largest absolute Gasteiger partial charge is 0.274 e. The molecule has 0 aromatic heterocycles. The van der Waals surface area contributed by atoms with E-state index in [1.807, 2.05) is 0 Å². The smallest absolute Gasteiger partial charge is 0.241 e. The van der Waals surface area contributed by atoms with Crippen molar-refractivity contribution in [3.8, 4) is 0 Å². The number of anilines is 1. The number of benzene rings is 2. The third kappa shape index (κ3) is 2.76. The lowest BCUT2D eigenvalue weighted by Crippen LogP contribution is -2.43. The molecule has 4 saturated carbocycles. The molecule has 1 saturated heterocycles. The van der Waals surface area contributed by atoms with Crippen LogP contribution >= 0.6 is 0 Å². The summed E-state index contributed by atoms with van der Waals surface area (Å²) in [5.74, 6) is 1.34. The van der Waals surface area contributed by atoms with Crippen molar-refractivity contribution in [3.63, 3.8) is 0 Å². The minimum atomic E-state index is -3.78. The van der Waals surface area contributed by atoms with Crippen molar-refractivity contribution in [1.82, 2.24) is 4.72 Å². The van der Waals surface area contributed by atoms with E-state index in [0.717, 1.165) is 12.8 Å². The van der Waals surface area contributed by atoms with E-state index >= 15 is 0 Å². The van der Waals surface area contributed by atoms with Crippen molar-refractivity contribution in [2.45, 2.75) is 50.5 Å². The summed E-state index contributed by atoms with van der Waals surface area (Å²) in [4.78, 5) is 28.7. The second kappa shape index (κ2) is 6.41. The summed E-state index contributed by atoms with van der Waals surface area (Å²) in [6, 6.07) is 10.3. The van der Waals surface area contributed by atoms with Gasteiger partial charge in [0.05, 0.1) is 22.4 Å². The standard InChI is InChI=1S/C25H28N2O4S/c1-25(2,3)26-32(30,31)20-9-5-6-13-14(20)7-4-8-19(13)27-23(28)21-15-10-11-16(18-12-17(15)18)22(21)24(27)29/h4-9,15-18,21-22,26H,10-12H2,1-3H3. The van der Waals surface area contributed by atoms with Crippen LogP contribution in [0.4, 0.5) is 5.69 Å². The first-order valence-electron chi connectivity index (χ1n) is 11.5. The first-order chi connectivity index (χ1) is 15.1. The van der Waals surface area contributed by atoms with Crippen LogP contribution in [0.15, 0.2) is 41.3 Å². The van der Waals surface area contributed by atoms with Crippen molar-refractivity contribution in [2.75, 3.05) is 4.90 Å². The molecule has 6 unspecified atom stereocenters. The summed E-state index contributed by atoms with van der Waals surface area (Å²) >= 11 is 0. The molecule has 7 heteroatoms. The third-order valence-corrected chi connectivity index (χ3v) is 9.79. The fourth-order valence-electron chi connectivity index (χ4n) is 6.93. The number of nitrogens with one attached hydrogen (secondary N) is 1. The van der Waals surface area contributed by atoms with Gasteiger partial charge in [-0.25, -0.2) is 18.0 Å². The van der Waals surface area contributed by atoms with Crippen LogP contribution in [0.1, 0.15) is 40.0 Å². The number of imide groups is 1. The van der Waals surface area contributed by atoms with E-state index in [1.165, 1.54) is 11.3 Å². The van der Waals surface area contributed by atoms with Crippen LogP contribution in [0.5, 0.6) is 0 Å². The molecule has 1 heterocycles. The van der Waals surface area contributed by atoms with Gasteiger partial charge >= 0.3 is 0 Å². The predicted molar refractivity (Wildman–Crippen MR) is 121 cm³/mol. The molecule has 0 radical (unpaired) electrons. The van der Waals surface area contributed by atoms with Gasteiger partial charge in [0, 0.05) is 16.3 Å². The van der Waals surface area contributed by atoms with E-state index in [2.05, 4.69) is 4.72 Å². The molecule has 1 N–H and O–H groups in total. The highest BCUT2D eigenvalue weighted by molar-refractivity contribution is 7.89. The summed E-state index contributed by atoms with van der Waals surface area (Å²) in [7, 11) is -3.78. The molecule has 5 aliphatic rings. The van der Waals surface area contributed by atoms with Gasteiger partial charge in [-0.05, 0) is 75.8 Å². The van der Waals surface area contributed by atoms with E-state index in [0.29, 0.717) is 40.1 Å². The van der Waals surface area contributed by atoms with Crippen LogP contribution in [-0.2, 0) is 19.6 Å². The fraction of sp³-hybridized carbons (Fsp3) is 0.520. The molecule has 168 valence electrons. The zero-order valence-electron chi connectivity index (χ0n) is 18.5. The summed E-state index contributed by atoms with van der Waals surface area (Å²) < 4.78 is 28.9. The molecule has 2 aromatic rings. The fourth-order valence-corrected chi connectivity index (χ4v) is 8.57. The first kappa shape index (κ1) is 20.4. The van der Waals surface area contributed by atoms with Gasteiger partial charge in [0.1, 0.15) is 0 Å². The quantitative estimate of drug-likeness (QED) is 0.720. The van der Waals surface area contributed by atoms with Gasteiger partial charge in [0.2, 0.25) is 21.8 Å². The molecule has 32 heavy (non-hydrogen) atoms. The number of carbonyl (C=O) groups excluding carboxylic acids is 2. The Balaban J connectivity index is 1.46. The molecular weight excluding hydrogens is 424 g/mol. The summed E-state index contributed by atoms with van der Waals surface area (Å²) in [6.45, 7) is 5.38. The number of hydrogen-bond donors (Lipinski definition) is 1. The Hall–Kier alpha value is -2.25. The molecule has 2 bridgehead atoms. The Morgan fingerprint density at radius 2 is 1.41 bits per heavy atom. The number of nitrogens with zero attached hydrogens (tertiary/aromatic N) is 1. The summed E-state index contributed by atoms with van der Waals surface area (Å²) in [6.07, 6.45) is 3.28. The Labute approximate surface area is 188 Å². The van der Waals surface area contributed by atoms with Crippen LogP contribution in [-0.4, -0.2) is 25.8 Å². The molecule has 2 amide bonds. The molecular formula is C25H28N2O4S. The lowest BCUT2D eigenvalue weighted by Gasteiger charge is -2.42. The topological polar surface area (TPSA) is 83.6 Å². The Morgan fingerprint density at radius 1 is 0.844 bits per heavy atom. The number of hydrogen-bond acceptors (Lipinski definition) is 4. The third-order valence-electron chi connectivity index (χ3n) is 7.97. The van der Waals surface area contributed by atoms with E-state index < -0.39 is 15.6 Å². The highest BCUT2D eigenvalue weighted by Crippen LogP contribution is 2.68. The maximum absolute atomic E-state index is 13.6. The Kier molecular flexibility index (Phi) is 4.08. The van der Waals surface area contributed by atoms with E-state index in [-0.39, 0.29) is 28.5 Å². The minimum absolute atomic E-state index is 0.0892. The number of fused-ring (bicyclic) bond motifs is 2. The van der Waals surface area contributed by atoms with Crippen molar-refractivity contribution in [1.29, 1.82) is 0 Å². The van der Waals surface area contributed by atoms with Gasteiger partial charge in [0.15, 0.2) is 0 Å². The molecule has 1 aliphatic heterocycles. The lowest BCUT2D eigenvalue weighted by molar-refractivity contribution is -0.129. The highest BCUT2D eigenvalue weighted by Gasteiger charge is 2.68. The molecule has 4 aliphatic carbocycles. The number of sulfonamides is 1. The molecule has 7 rings (SSSR count). The average molecular weight is 453 g/mol. The van der Waals surface area contributed by atoms with Crippen LogP contribution < -0.4 is 9.62 Å². The van der Waals surface area contributed by atoms with E-state index in [1.54, 1.807) is 57.2 Å². The predicted octanol–water partition coefficient (Wildman–Crippen LogP) is 3.70.